The SMILES string of the molecule is CC(C)(C)OC(=O)C1C[C@]12CNCC[C@H]2N.Cl. The monoisotopic (exact) mass is 262 g/mol. The van der Waals surface area contributed by atoms with Crippen LogP contribution in [0.15, 0.2) is 0 Å². The Morgan fingerprint density at radius 1 is 1.47 bits per heavy atom. The van der Waals surface area contributed by atoms with Crippen LogP contribution in [0.1, 0.15) is 33.6 Å². The maximum Gasteiger partial charge on any atom is 0.310 e. The van der Waals surface area contributed by atoms with Gasteiger partial charge in [-0.15, -0.1) is 12.4 Å². The summed E-state index contributed by atoms with van der Waals surface area (Å²) in [6, 6.07) is 0.145. The Hall–Kier alpha value is -0.320. The molecule has 0 aromatic rings. The Balaban J connectivity index is 0.00000144. The van der Waals surface area contributed by atoms with Gasteiger partial charge in [-0.1, -0.05) is 0 Å². The summed E-state index contributed by atoms with van der Waals surface area (Å²) in [7, 11) is 0. The third kappa shape index (κ3) is 2.92. The lowest BCUT2D eigenvalue weighted by Crippen LogP contribution is -2.48. The maximum absolute atomic E-state index is 11.9. The molecule has 17 heavy (non-hydrogen) atoms. The minimum absolute atomic E-state index is 0. The lowest BCUT2D eigenvalue weighted by Gasteiger charge is -2.31. The molecule has 1 aliphatic carbocycles. The number of nitrogens with two attached hydrogens (primary N) is 1. The van der Waals surface area contributed by atoms with Crippen LogP contribution in [0.25, 0.3) is 0 Å². The van der Waals surface area contributed by atoms with E-state index in [0.717, 1.165) is 25.9 Å². The van der Waals surface area contributed by atoms with E-state index in [1.54, 1.807) is 0 Å². The summed E-state index contributed by atoms with van der Waals surface area (Å²) in [5, 5.41) is 3.33. The third-order valence-corrected chi connectivity index (χ3v) is 3.63. The molecule has 2 aliphatic rings. The Morgan fingerprint density at radius 2 is 2.12 bits per heavy atom. The molecule has 3 atom stereocenters. The van der Waals surface area contributed by atoms with Gasteiger partial charge in [-0.25, -0.2) is 0 Å². The summed E-state index contributed by atoms with van der Waals surface area (Å²) < 4.78 is 5.42. The normalized spacial score (nSPS) is 36.2. The first kappa shape index (κ1) is 14.7. The quantitative estimate of drug-likeness (QED) is 0.694. The zero-order valence-corrected chi connectivity index (χ0v) is 11.6. The number of nitrogens with one attached hydrogen (secondary N) is 1. The minimum atomic E-state index is -0.396. The van der Waals surface area contributed by atoms with E-state index in [-0.39, 0.29) is 35.8 Å². The molecule has 1 aliphatic heterocycles. The molecular weight excluding hydrogens is 240 g/mol. The van der Waals surface area contributed by atoms with Crippen LogP contribution < -0.4 is 11.1 Å². The van der Waals surface area contributed by atoms with Gasteiger partial charge in [0.25, 0.3) is 0 Å². The fourth-order valence-corrected chi connectivity index (χ4v) is 2.61. The second-order valence-electron chi connectivity index (χ2n) is 6.10. The molecule has 4 nitrogen and oxygen atoms in total. The van der Waals surface area contributed by atoms with Crippen molar-refractivity contribution in [2.45, 2.75) is 45.3 Å². The molecule has 5 heteroatoms. The van der Waals surface area contributed by atoms with Crippen LogP contribution in [0.2, 0.25) is 0 Å². The highest BCUT2D eigenvalue weighted by Crippen LogP contribution is 2.56. The summed E-state index contributed by atoms with van der Waals surface area (Å²) in [6.45, 7) is 7.53. The topological polar surface area (TPSA) is 64.3 Å². The molecule has 2 fully saturated rings. The number of esters is 1. The van der Waals surface area contributed by atoms with E-state index in [4.69, 9.17) is 10.5 Å². The van der Waals surface area contributed by atoms with Crippen molar-refractivity contribution in [3.63, 3.8) is 0 Å². The highest BCUT2D eigenvalue weighted by atomic mass is 35.5. The number of halogens is 1. The smallest absolute Gasteiger partial charge is 0.310 e. The van der Waals surface area contributed by atoms with Crippen LogP contribution in [0.5, 0.6) is 0 Å². The molecule has 0 radical (unpaired) electrons. The molecule has 1 spiro atoms. The number of hydrogen-bond donors (Lipinski definition) is 2. The van der Waals surface area contributed by atoms with E-state index in [1.165, 1.54) is 0 Å². The van der Waals surface area contributed by atoms with Gasteiger partial charge in [0.15, 0.2) is 0 Å². The van der Waals surface area contributed by atoms with Crippen LogP contribution in [-0.4, -0.2) is 30.7 Å². The number of carbonyl (C=O) groups excluding carboxylic acids is 1. The van der Waals surface area contributed by atoms with Crippen LogP contribution in [0.3, 0.4) is 0 Å². The highest BCUT2D eigenvalue weighted by molar-refractivity contribution is 5.85. The second-order valence-corrected chi connectivity index (χ2v) is 6.10. The molecule has 3 N–H and O–H groups in total. The number of piperidine rings is 1. The first-order valence-electron chi connectivity index (χ1n) is 6.04. The Bertz CT molecular complexity index is 303. The lowest BCUT2D eigenvalue weighted by molar-refractivity contribution is -0.157. The predicted molar refractivity (Wildman–Crippen MR) is 69.1 cm³/mol. The largest absolute Gasteiger partial charge is 0.460 e. The van der Waals surface area contributed by atoms with Gasteiger partial charge >= 0.3 is 5.97 Å². The molecule has 1 heterocycles. The molecule has 1 saturated heterocycles. The second kappa shape index (κ2) is 4.75. The molecule has 1 saturated carbocycles. The van der Waals surface area contributed by atoms with Crippen molar-refractivity contribution in [3.8, 4) is 0 Å². The van der Waals surface area contributed by atoms with E-state index in [9.17, 15) is 4.79 Å². The average molecular weight is 263 g/mol. The third-order valence-electron chi connectivity index (χ3n) is 3.63. The van der Waals surface area contributed by atoms with Crippen LogP contribution in [0, 0.1) is 11.3 Å². The van der Waals surface area contributed by atoms with Crippen molar-refractivity contribution in [2.24, 2.45) is 17.1 Å². The van der Waals surface area contributed by atoms with Gasteiger partial charge in [0, 0.05) is 18.0 Å². The fraction of sp³-hybridized carbons (Fsp3) is 0.917. The Morgan fingerprint density at radius 3 is 2.65 bits per heavy atom. The molecule has 0 aromatic heterocycles. The van der Waals surface area contributed by atoms with Crippen molar-refractivity contribution in [1.82, 2.24) is 5.32 Å². The molecule has 2 rings (SSSR count). The lowest BCUT2D eigenvalue weighted by atomic mass is 9.88. The predicted octanol–water partition coefficient (Wildman–Crippen LogP) is 1.08. The van der Waals surface area contributed by atoms with E-state index in [1.807, 2.05) is 20.8 Å². The summed E-state index contributed by atoms with van der Waals surface area (Å²) in [6.07, 6.45) is 1.84. The standard InChI is InChI=1S/C12H22N2O2.ClH/c1-11(2,3)16-10(15)8-6-12(8)7-14-5-4-9(12)13;/h8-9,14H,4-7,13H2,1-3H3;1H/t8?,9-,12+;/m1./s1. The summed E-state index contributed by atoms with van der Waals surface area (Å²) in [5.74, 6) is -0.0684. The van der Waals surface area contributed by atoms with Gasteiger partial charge < -0.3 is 15.8 Å². The van der Waals surface area contributed by atoms with Crippen molar-refractivity contribution >= 4 is 18.4 Å². The van der Waals surface area contributed by atoms with Crippen LogP contribution in [-0.2, 0) is 9.53 Å². The minimum Gasteiger partial charge on any atom is -0.460 e. The zero-order valence-electron chi connectivity index (χ0n) is 10.8. The van der Waals surface area contributed by atoms with E-state index >= 15 is 0 Å². The first-order valence-corrected chi connectivity index (χ1v) is 6.04. The first-order chi connectivity index (χ1) is 7.35. The molecule has 0 amide bonds. The fourth-order valence-electron chi connectivity index (χ4n) is 2.61. The van der Waals surface area contributed by atoms with Crippen molar-refractivity contribution in [1.29, 1.82) is 0 Å². The van der Waals surface area contributed by atoms with Crippen LogP contribution >= 0.6 is 12.4 Å². The summed E-state index contributed by atoms with van der Waals surface area (Å²) in [4.78, 5) is 11.9. The maximum atomic E-state index is 11.9. The van der Waals surface area contributed by atoms with Gasteiger partial charge in [0.1, 0.15) is 5.60 Å². The molecule has 100 valence electrons. The van der Waals surface area contributed by atoms with E-state index in [0.29, 0.717) is 0 Å². The molecular formula is C12H23ClN2O2. The Kier molecular flexibility index (Phi) is 4.12. The van der Waals surface area contributed by atoms with Gasteiger partial charge in [-0.05, 0) is 40.2 Å². The van der Waals surface area contributed by atoms with Gasteiger partial charge in [-0.2, -0.15) is 0 Å². The average Bonchev–Trinajstić information content (AvgIpc) is 2.84. The van der Waals surface area contributed by atoms with E-state index in [2.05, 4.69) is 5.32 Å². The van der Waals surface area contributed by atoms with Crippen molar-refractivity contribution in [2.75, 3.05) is 13.1 Å². The van der Waals surface area contributed by atoms with Crippen molar-refractivity contribution in [3.05, 3.63) is 0 Å². The molecule has 1 unspecified atom stereocenters. The number of carbonyl (C=O) groups is 1. The van der Waals surface area contributed by atoms with Crippen LogP contribution in [0.4, 0.5) is 0 Å². The zero-order chi connectivity index (χ0) is 12.0. The highest BCUT2D eigenvalue weighted by Gasteiger charge is 2.63. The number of hydrogen-bond acceptors (Lipinski definition) is 4. The number of rotatable bonds is 1. The summed E-state index contributed by atoms with van der Waals surface area (Å²) in [5.41, 5.74) is 5.71. The van der Waals surface area contributed by atoms with Gasteiger partial charge in [0.05, 0.1) is 5.92 Å². The van der Waals surface area contributed by atoms with E-state index < -0.39 is 5.60 Å². The summed E-state index contributed by atoms with van der Waals surface area (Å²) >= 11 is 0. The van der Waals surface area contributed by atoms with Gasteiger partial charge in [-0.3, -0.25) is 4.79 Å². The molecule has 0 aromatic carbocycles. The van der Waals surface area contributed by atoms with Gasteiger partial charge in [0.2, 0.25) is 0 Å². The number of ether oxygens (including phenoxy) is 1. The Labute approximate surface area is 109 Å². The molecule has 0 bridgehead atoms. The van der Waals surface area contributed by atoms with Crippen molar-refractivity contribution < 1.29 is 9.53 Å².